The molecule has 6 nitrogen and oxygen atoms in total. The van der Waals surface area contributed by atoms with E-state index < -0.39 is 4.92 Å². The minimum atomic E-state index is -0.421. The van der Waals surface area contributed by atoms with Crippen LogP contribution in [0.3, 0.4) is 0 Å². The Morgan fingerprint density at radius 3 is 2.59 bits per heavy atom. The van der Waals surface area contributed by atoms with Gasteiger partial charge in [-0.15, -0.1) is 0 Å². The fourth-order valence-electron chi connectivity index (χ4n) is 1.91. The molecule has 0 saturated carbocycles. The SMILES string of the molecule is CCOCCNc1cc(Oc2ccccc2)ccc1[N+](=O)[O-]. The van der Waals surface area contributed by atoms with Crippen molar-refractivity contribution in [2.45, 2.75) is 6.92 Å². The topological polar surface area (TPSA) is 73.6 Å². The van der Waals surface area contributed by atoms with Crippen LogP contribution in [-0.4, -0.2) is 24.7 Å². The number of para-hydroxylation sites is 1. The van der Waals surface area contributed by atoms with Gasteiger partial charge in [0.2, 0.25) is 0 Å². The molecule has 0 unspecified atom stereocenters. The van der Waals surface area contributed by atoms with E-state index in [-0.39, 0.29) is 5.69 Å². The number of hydrogen-bond acceptors (Lipinski definition) is 5. The highest BCUT2D eigenvalue weighted by Gasteiger charge is 2.14. The molecule has 22 heavy (non-hydrogen) atoms. The van der Waals surface area contributed by atoms with Gasteiger partial charge in [0.25, 0.3) is 5.69 Å². The van der Waals surface area contributed by atoms with Gasteiger partial charge in [0.15, 0.2) is 0 Å². The molecule has 0 aliphatic carbocycles. The van der Waals surface area contributed by atoms with Crippen molar-refractivity contribution in [3.63, 3.8) is 0 Å². The van der Waals surface area contributed by atoms with Gasteiger partial charge in [-0.05, 0) is 25.1 Å². The largest absolute Gasteiger partial charge is 0.457 e. The van der Waals surface area contributed by atoms with Crippen LogP contribution < -0.4 is 10.1 Å². The highest BCUT2D eigenvalue weighted by atomic mass is 16.6. The average molecular weight is 302 g/mol. The monoisotopic (exact) mass is 302 g/mol. The summed E-state index contributed by atoms with van der Waals surface area (Å²) < 4.78 is 10.9. The molecule has 0 fully saturated rings. The van der Waals surface area contributed by atoms with Crippen LogP contribution in [0.15, 0.2) is 48.5 Å². The Hall–Kier alpha value is -2.60. The van der Waals surface area contributed by atoms with Gasteiger partial charge in [0.05, 0.1) is 11.5 Å². The summed E-state index contributed by atoms with van der Waals surface area (Å²) in [4.78, 5) is 10.7. The molecule has 0 spiro atoms. The van der Waals surface area contributed by atoms with Crippen LogP contribution in [0.1, 0.15) is 6.92 Å². The van der Waals surface area contributed by atoms with E-state index >= 15 is 0 Å². The van der Waals surface area contributed by atoms with E-state index in [1.54, 1.807) is 12.1 Å². The minimum Gasteiger partial charge on any atom is -0.457 e. The van der Waals surface area contributed by atoms with Gasteiger partial charge in [-0.25, -0.2) is 0 Å². The Morgan fingerprint density at radius 1 is 1.14 bits per heavy atom. The van der Waals surface area contributed by atoms with E-state index in [0.717, 1.165) is 0 Å². The van der Waals surface area contributed by atoms with Crippen molar-refractivity contribution in [2.75, 3.05) is 25.1 Å². The Morgan fingerprint density at radius 2 is 1.91 bits per heavy atom. The lowest BCUT2D eigenvalue weighted by Gasteiger charge is -2.10. The summed E-state index contributed by atoms with van der Waals surface area (Å²) in [6.07, 6.45) is 0. The fourth-order valence-corrected chi connectivity index (χ4v) is 1.91. The maximum Gasteiger partial charge on any atom is 0.292 e. The molecule has 0 radical (unpaired) electrons. The number of hydrogen-bond donors (Lipinski definition) is 1. The molecule has 2 aromatic carbocycles. The fraction of sp³-hybridized carbons (Fsp3) is 0.250. The van der Waals surface area contributed by atoms with Crippen LogP contribution in [0.4, 0.5) is 11.4 Å². The van der Waals surface area contributed by atoms with Gasteiger partial charge in [0.1, 0.15) is 17.2 Å². The number of nitro benzene ring substituents is 1. The zero-order chi connectivity index (χ0) is 15.8. The summed E-state index contributed by atoms with van der Waals surface area (Å²) in [5.41, 5.74) is 0.426. The molecule has 2 aromatic rings. The summed E-state index contributed by atoms with van der Waals surface area (Å²) in [5, 5.41) is 14.1. The standard InChI is InChI=1S/C16H18N2O4/c1-2-21-11-10-17-15-12-14(8-9-16(15)18(19)20)22-13-6-4-3-5-7-13/h3-9,12,17H,2,10-11H2,1H3. The first-order valence-electron chi connectivity index (χ1n) is 7.03. The zero-order valence-corrected chi connectivity index (χ0v) is 12.3. The maximum absolute atomic E-state index is 11.1. The number of nitrogens with one attached hydrogen (secondary N) is 1. The van der Waals surface area contributed by atoms with Crippen LogP contribution in [-0.2, 0) is 4.74 Å². The van der Waals surface area contributed by atoms with Crippen molar-refractivity contribution in [3.05, 3.63) is 58.6 Å². The van der Waals surface area contributed by atoms with Gasteiger partial charge < -0.3 is 14.8 Å². The van der Waals surface area contributed by atoms with Crippen molar-refractivity contribution < 1.29 is 14.4 Å². The maximum atomic E-state index is 11.1. The lowest BCUT2D eigenvalue weighted by molar-refractivity contribution is -0.384. The van der Waals surface area contributed by atoms with E-state index in [1.807, 2.05) is 37.3 Å². The van der Waals surface area contributed by atoms with Gasteiger partial charge >= 0.3 is 0 Å². The van der Waals surface area contributed by atoms with E-state index in [1.165, 1.54) is 6.07 Å². The average Bonchev–Trinajstić information content (AvgIpc) is 2.52. The number of nitro groups is 1. The molecule has 116 valence electrons. The lowest BCUT2D eigenvalue weighted by atomic mass is 10.2. The molecule has 2 rings (SSSR count). The molecule has 0 saturated heterocycles. The van der Waals surface area contributed by atoms with E-state index in [9.17, 15) is 10.1 Å². The Kier molecular flexibility index (Phi) is 5.73. The molecule has 1 N–H and O–H groups in total. The quantitative estimate of drug-likeness (QED) is 0.455. The first-order chi connectivity index (χ1) is 10.7. The molecule has 0 aromatic heterocycles. The second-order valence-electron chi connectivity index (χ2n) is 4.47. The highest BCUT2D eigenvalue weighted by molar-refractivity contribution is 5.64. The number of anilines is 1. The summed E-state index contributed by atoms with van der Waals surface area (Å²) >= 11 is 0. The lowest BCUT2D eigenvalue weighted by Crippen LogP contribution is -2.10. The number of nitrogens with zero attached hydrogens (tertiary/aromatic N) is 1. The zero-order valence-electron chi connectivity index (χ0n) is 12.3. The third-order valence-electron chi connectivity index (χ3n) is 2.91. The Labute approximate surface area is 128 Å². The summed E-state index contributed by atoms with van der Waals surface area (Å²) in [5.74, 6) is 1.22. The third kappa shape index (κ3) is 4.46. The smallest absolute Gasteiger partial charge is 0.292 e. The normalized spacial score (nSPS) is 10.2. The summed E-state index contributed by atoms with van der Waals surface area (Å²) in [6.45, 7) is 3.48. The minimum absolute atomic E-state index is 0.0110. The van der Waals surface area contributed by atoms with Crippen LogP contribution in [0.2, 0.25) is 0 Å². The van der Waals surface area contributed by atoms with Gasteiger partial charge in [0, 0.05) is 25.3 Å². The number of benzene rings is 2. The van der Waals surface area contributed by atoms with Gasteiger partial charge in [-0.1, -0.05) is 18.2 Å². The third-order valence-corrected chi connectivity index (χ3v) is 2.91. The van der Waals surface area contributed by atoms with Crippen LogP contribution >= 0.6 is 0 Å². The van der Waals surface area contributed by atoms with Crippen LogP contribution in [0, 0.1) is 10.1 Å². The second-order valence-corrected chi connectivity index (χ2v) is 4.47. The molecule has 0 aliphatic heterocycles. The highest BCUT2D eigenvalue weighted by Crippen LogP contribution is 2.31. The molecule has 0 amide bonds. The van der Waals surface area contributed by atoms with Crippen LogP contribution in [0.25, 0.3) is 0 Å². The first kappa shape index (κ1) is 15.8. The molecule has 6 heteroatoms. The summed E-state index contributed by atoms with van der Waals surface area (Å²) in [6, 6.07) is 13.9. The molecule has 0 aliphatic rings. The predicted molar refractivity (Wildman–Crippen MR) is 84.6 cm³/mol. The van der Waals surface area contributed by atoms with Crippen molar-refractivity contribution in [1.29, 1.82) is 0 Å². The van der Waals surface area contributed by atoms with Crippen molar-refractivity contribution in [1.82, 2.24) is 0 Å². The summed E-state index contributed by atoms with van der Waals surface area (Å²) in [7, 11) is 0. The van der Waals surface area contributed by atoms with Crippen LogP contribution in [0.5, 0.6) is 11.5 Å². The van der Waals surface area contributed by atoms with Crippen molar-refractivity contribution in [2.24, 2.45) is 0 Å². The molecule has 0 atom stereocenters. The molecule has 0 heterocycles. The van der Waals surface area contributed by atoms with Crippen molar-refractivity contribution >= 4 is 11.4 Å². The van der Waals surface area contributed by atoms with Gasteiger partial charge in [-0.2, -0.15) is 0 Å². The second kappa shape index (κ2) is 7.99. The predicted octanol–water partition coefficient (Wildman–Crippen LogP) is 3.84. The van der Waals surface area contributed by atoms with E-state index in [0.29, 0.717) is 36.9 Å². The Balaban J connectivity index is 2.13. The van der Waals surface area contributed by atoms with Gasteiger partial charge in [-0.3, -0.25) is 10.1 Å². The number of rotatable bonds is 8. The van der Waals surface area contributed by atoms with E-state index in [4.69, 9.17) is 9.47 Å². The molecular weight excluding hydrogens is 284 g/mol. The number of ether oxygens (including phenoxy) is 2. The molecular formula is C16H18N2O4. The molecule has 0 bridgehead atoms. The van der Waals surface area contributed by atoms with Crippen molar-refractivity contribution in [3.8, 4) is 11.5 Å². The first-order valence-corrected chi connectivity index (χ1v) is 7.03. The van der Waals surface area contributed by atoms with E-state index in [2.05, 4.69) is 5.32 Å². The Bertz CT molecular complexity index is 617.